The Morgan fingerprint density at radius 3 is 2.47 bits per heavy atom. The molecule has 1 atom stereocenters. The summed E-state index contributed by atoms with van der Waals surface area (Å²) in [6.07, 6.45) is 2.87. The Morgan fingerprint density at radius 1 is 1.20 bits per heavy atom. The highest BCUT2D eigenvalue weighted by atomic mass is 35.5. The molecule has 0 aromatic heterocycles. The molecule has 9 heteroatoms. The normalized spacial score (nSPS) is 18.2. The molecule has 0 saturated carbocycles. The lowest BCUT2D eigenvalue weighted by atomic mass is 10.0. The molecular weight excluding hydrogens is 426 g/mol. The standard InChI is InChI=1S/C21H24ClN3O4S/c1-2-3-8-16(18(23)26)25-20(28)17(30-21(25)29)13-9-11-24(12-10-13)19(27)14-6-4-5-7-15(14)22/h4-7,16H,2-3,8-12H2,1H3,(H2,23,26). The summed E-state index contributed by atoms with van der Waals surface area (Å²) in [5.74, 6) is -1.27. The molecule has 2 aliphatic rings. The first-order valence-electron chi connectivity index (χ1n) is 9.95. The second kappa shape index (κ2) is 9.66. The Morgan fingerprint density at radius 2 is 1.87 bits per heavy atom. The number of benzene rings is 1. The fraction of sp³-hybridized carbons (Fsp3) is 0.429. The first-order chi connectivity index (χ1) is 14.3. The fourth-order valence-corrected chi connectivity index (χ4v) is 4.91. The van der Waals surface area contributed by atoms with Crippen LogP contribution in [0.25, 0.3) is 0 Å². The lowest BCUT2D eigenvalue weighted by molar-refractivity contribution is -0.132. The number of hydrogen-bond donors (Lipinski definition) is 1. The maximum atomic E-state index is 12.9. The zero-order valence-electron chi connectivity index (χ0n) is 16.7. The molecule has 7 nitrogen and oxygen atoms in total. The lowest BCUT2D eigenvalue weighted by Crippen LogP contribution is -2.47. The van der Waals surface area contributed by atoms with Crippen molar-refractivity contribution in [3.8, 4) is 0 Å². The van der Waals surface area contributed by atoms with Crippen LogP contribution in [0.4, 0.5) is 4.79 Å². The van der Waals surface area contributed by atoms with E-state index in [4.69, 9.17) is 17.3 Å². The first-order valence-corrected chi connectivity index (χ1v) is 11.1. The van der Waals surface area contributed by atoms with Gasteiger partial charge in [0.05, 0.1) is 15.5 Å². The number of unbranched alkanes of at least 4 members (excludes halogenated alkanes) is 1. The van der Waals surface area contributed by atoms with Gasteiger partial charge in [0.2, 0.25) is 5.91 Å². The number of imide groups is 1. The number of carbonyl (C=O) groups is 4. The molecule has 160 valence electrons. The summed E-state index contributed by atoms with van der Waals surface area (Å²) in [6.45, 7) is 2.82. The van der Waals surface area contributed by atoms with Gasteiger partial charge in [-0.15, -0.1) is 0 Å². The second-order valence-corrected chi connectivity index (χ2v) is 8.68. The number of thioether (sulfide) groups is 1. The lowest BCUT2D eigenvalue weighted by Gasteiger charge is -2.29. The largest absolute Gasteiger partial charge is 0.368 e. The van der Waals surface area contributed by atoms with Gasteiger partial charge in [-0.3, -0.25) is 24.1 Å². The average Bonchev–Trinajstić information content (AvgIpc) is 3.02. The summed E-state index contributed by atoms with van der Waals surface area (Å²) in [4.78, 5) is 53.0. The van der Waals surface area contributed by atoms with Crippen LogP contribution in [-0.4, -0.2) is 51.9 Å². The van der Waals surface area contributed by atoms with E-state index < -0.39 is 23.1 Å². The predicted molar refractivity (Wildman–Crippen MR) is 116 cm³/mol. The average molecular weight is 450 g/mol. The predicted octanol–water partition coefficient (Wildman–Crippen LogP) is 3.57. The van der Waals surface area contributed by atoms with E-state index in [1.54, 1.807) is 29.2 Å². The van der Waals surface area contributed by atoms with Crippen LogP contribution < -0.4 is 5.73 Å². The van der Waals surface area contributed by atoms with Crippen LogP contribution in [0.1, 0.15) is 49.4 Å². The summed E-state index contributed by atoms with van der Waals surface area (Å²) in [7, 11) is 0. The van der Waals surface area contributed by atoms with Crippen molar-refractivity contribution in [3.63, 3.8) is 0 Å². The minimum absolute atomic E-state index is 0.152. The van der Waals surface area contributed by atoms with E-state index in [2.05, 4.69) is 0 Å². The molecule has 0 spiro atoms. The molecule has 3 rings (SSSR count). The number of likely N-dealkylation sites (tertiary alicyclic amines) is 1. The van der Waals surface area contributed by atoms with E-state index >= 15 is 0 Å². The molecule has 2 saturated heterocycles. The quantitative estimate of drug-likeness (QED) is 0.669. The molecule has 2 aliphatic heterocycles. The number of nitrogens with two attached hydrogens (primary N) is 1. The first kappa shape index (κ1) is 22.4. The minimum Gasteiger partial charge on any atom is -0.368 e. The minimum atomic E-state index is -0.919. The van der Waals surface area contributed by atoms with Gasteiger partial charge in [0.25, 0.3) is 17.1 Å². The number of amides is 4. The van der Waals surface area contributed by atoms with Gasteiger partial charge in [-0.25, -0.2) is 0 Å². The number of carbonyl (C=O) groups excluding carboxylic acids is 4. The van der Waals surface area contributed by atoms with Crippen molar-refractivity contribution in [2.75, 3.05) is 13.1 Å². The molecular formula is C21H24ClN3O4S. The Balaban J connectivity index is 1.72. The van der Waals surface area contributed by atoms with Gasteiger partial charge >= 0.3 is 0 Å². The molecule has 2 fully saturated rings. The zero-order valence-corrected chi connectivity index (χ0v) is 18.3. The van der Waals surface area contributed by atoms with Crippen LogP contribution in [-0.2, 0) is 9.59 Å². The molecule has 2 heterocycles. The van der Waals surface area contributed by atoms with Crippen LogP contribution in [0.5, 0.6) is 0 Å². The SMILES string of the molecule is CCCCC(C(N)=O)N1C(=O)SC(=C2CCN(C(=O)c3ccccc3Cl)CC2)C1=O. The van der Waals surface area contributed by atoms with Crippen LogP contribution >= 0.6 is 23.4 Å². The summed E-state index contributed by atoms with van der Waals surface area (Å²) in [6, 6.07) is 5.97. The van der Waals surface area contributed by atoms with Crippen LogP contribution in [0.2, 0.25) is 5.02 Å². The highest BCUT2D eigenvalue weighted by molar-refractivity contribution is 8.18. The van der Waals surface area contributed by atoms with Crippen molar-refractivity contribution in [2.24, 2.45) is 5.73 Å². The molecule has 2 N–H and O–H groups in total. The maximum Gasteiger partial charge on any atom is 0.294 e. The van der Waals surface area contributed by atoms with Gasteiger partial charge in [0.15, 0.2) is 0 Å². The van der Waals surface area contributed by atoms with E-state index in [9.17, 15) is 19.2 Å². The summed E-state index contributed by atoms with van der Waals surface area (Å²) in [5, 5.41) is -0.0593. The van der Waals surface area contributed by atoms with Crippen molar-refractivity contribution < 1.29 is 19.2 Å². The molecule has 0 radical (unpaired) electrons. The Labute approximate surface area is 184 Å². The van der Waals surface area contributed by atoms with Crippen LogP contribution in [0.15, 0.2) is 34.7 Å². The monoisotopic (exact) mass is 449 g/mol. The number of nitrogens with zero attached hydrogens (tertiary/aromatic N) is 2. The highest BCUT2D eigenvalue weighted by Crippen LogP contribution is 2.38. The van der Waals surface area contributed by atoms with E-state index in [1.165, 1.54) is 0 Å². The van der Waals surface area contributed by atoms with Crippen molar-refractivity contribution >= 4 is 46.3 Å². The molecule has 4 amide bonds. The molecule has 1 aromatic rings. The summed E-state index contributed by atoms with van der Waals surface area (Å²) >= 11 is 6.99. The van der Waals surface area contributed by atoms with Crippen molar-refractivity contribution in [3.05, 3.63) is 45.3 Å². The smallest absolute Gasteiger partial charge is 0.294 e. The highest BCUT2D eigenvalue weighted by Gasteiger charge is 2.43. The van der Waals surface area contributed by atoms with E-state index in [0.29, 0.717) is 54.3 Å². The molecule has 1 unspecified atom stereocenters. The third-order valence-corrected chi connectivity index (χ3v) is 6.72. The van der Waals surface area contributed by atoms with Gasteiger partial charge in [0, 0.05) is 13.1 Å². The van der Waals surface area contributed by atoms with E-state index in [1.807, 2.05) is 6.92 Å². The van der Waals surface area contributed by atoms with Crippen molar-refractivity contribution in [1.82, 2.24) is 9.80 Å². The van der Waals surface area contributed by atoms with Crippen molar-refractivity contribution in [1.29, 1.82) is 0 Å². The number of rotatable bonds is 6. The van der Waals surface area contributed by atoms with Crippen molar-refractivity contribution in [2.45, 2.75) is 45.1 Å². The fourth-order valence-electron chi connectivity index (χ4n) is 3.67. The number of piperidine rings is 1. The van der Waals surface area contributed by atoms with Gasteiger partial charge in [-0.1, -0.05) is 43.5 Å². The van der Waals surface area contributed by atoms with Gasteiger partial charge in [-0.05, 0) is 48.7 Å². The Hall–Kier alpha value is -2.32. The van der Waals surface area contributed by atoms with E-state index in [-0.39, 0.29) is 5.91 Å². The van der Waals surface area contributed by atoms with E-state index in [0.717, 1.165) is 28.7 Å². The molecule has 1 aromatic carbocycles. The summed E-state index contributed by atoms with van der Waals surface area (Å²) < 4.78 is 0. The topological polar surface area (TPSA) is 101 Å². The van der Waals surface area contributed by atoms with Crippen LogP contribution in [0, 0.1) is 0 Å². The summed E-state index contributed by atoms with van der Waals surface area (Å²) in [5.41, 5.74) is 6.74. The molecule has 0 bridgehead atoms. The zero-order chi connectivity index (χ0) is 21.8. The Bertz CT molecular complexity index is 907. The number of hydrogen-bond acceptors (Lipinski definition) is 5. The third kappa shape index (κ3) is 4.54. The van der Waals surface area contributed by atoms with Gasteiger partial charge < -0.3 is 10.6 Å². The van der Waals surface area contributed by atoms with Gasteiger partial charge in [0.1, 0.15) is 6.04 Å². The maximum absolute atomic E-state index is 12.9. The molecule has 0 aliphatic carbocycles. The third-order valence-electron chi connectivity index (χ3n) is 5.35. The number of halogens is 1. The second-order valence-electron chi connectivity index (χ2n) is 7.31. The molecule has 30 heavy (non-hydrogen) atoms. The van der Waals surface area contributed by atoms with Gasteiger partial charge in [-0.2, -0.15) is 0 Å². The van der Waals surface area contributed by atoms with Crippen LogP contribution in [0.3, 0.4) is 0 Å². The Kier molecular flexibility index (Phi) is 7.20. The number of primary amides is 1.